The molecule has 4 heteroatoms. The molecular formula is C13H11N3S. The van der Waals surface area contributed by atoms with Gasteiger partial charge in [-0.2, -0.15) is 5.26 Å². The van der Waals surface area contributed by atoms with Gasteiger partial charge in [0.2, 0.25) is 0 Å². The van der Waals surface area contributed by atoms with Gasteiger partial charge in [-0.3, -0.25) is 0 Å². The Morgan fingerprint density at radius 1 is 1.24 bits per heavy atom. The summed E-state index contributed by atoms with van der Waals surface area (Å²) in [6.07, 6.45) is 1.61. The van der Waals surface area contributed by atoms with Crippen molar-refractivity contribution < 1.29 is 0 Å². The summed E-state index contributed by atoms with van der Waals surface area (Å²) in [6.45, 7) is 4.10. The Morgan fingerprint density at radius 3 is 2.82 bits per heavy atom. The quantitative estimate of drug-likeness (QED) is 0.758. The maximum atomic E-state index is 8.78. The van der Waals surface area contributed by atoms with Crippen LogP contribution in [0.2, 0.25) is 0 Å². The molecule has 0 bridgehead atoms. The standard InChI is InChI=1S/C13H11N3S/c1-9-3-4-10(2)12(7-9)17-13-15-6-5-11(8-14)16-13/h3-7H,1-2H3. The number of aryl methyl sites for hydroxylation is 2. The Kier molecular flexibility index (Phi) is 3.40. The maximum Gasteiger partial charge on any atom is 0.193 e. The number of benzene rings is 1. The van der Waals surface area contributed by atoms with Crippen LogP contribution in [0.3, 0.4) is 0 Å². The minimum atomic E-state index is 0.396. The predicted octanol–water partition coefficient (Wildman–Crippen LogP) is 3.12. The molecule has 0 atom stereocenters. The van der Waals surface area contributed by atoms with Crippen molar-refractivity contribution in [2.24, 2.45) is 0 Å². The fourth-order valence-corrected chi connectivity index (χ4v) is 2.30. The molecule has 84 valence electrons. The molecule has 0 fully saturated rings. The van der Waals surface area contributed by atoms with Crippen LogP contribution in [0.4, 0.5) is 0 Å². The van der Waals surface area contributed by atoms with E-state index < -0.39 is 0 Å². The highest BCUT2D eigenvalue weighted by Gasteiger charge is 2.04. The van der Waals surface area contributed by atoms with Crippen LogP contribution in [0.5, 0.6) is 0 Å². The van der Waals surface area contributed by atoms with Gasteiger partial charge in [0.05, 0.1) is 0 Å². The molecule has 0 saturated heterocycles. The van der Waals surface area contributed by atoms with Gasteiger partial charge in [-0.25, -0.2) is 9.97 Å². The summed E-state index contributed by atoms with van der Waals surface area (Å²) in [5.74, 6) is 0. The molecule has 3 nitrogen and oxygen atoms in total. The van der Waals surface area contributed by atoms with Crippen molar-refractivity contribution in [2.75, 3.05) is 0 Å². The van der Waals surface area contributed by atoms with E-state index in [1.165, 1.54) is 22.9 Å². The van der Waals surface area contributed by atoms with Gasteiger partial charge >= 0.3 is 0 Å². The van der Waals surface area contributed by atoms with E-state index in [9.17, 15) is 0 Å². The number of hydrogen-bond donors (Lipinski definition) is 0. The van der Waals surface area contributed by atoms with Crippen LogP contribution in [-0.4, -0.2) is 9.97 Å². The molecule has 0 amide bonds. The molecule has 0 saturated carbocycles. The van der Waals surface area contributed by atoms with Gasteiger partial charge < -0.3 is 0 Å². The van der Waals surface area contributed by atoms with E-state index in [0.717, 1.165) is 4.90 Å². The van der Waals surface area contributed by atoms with Gasteiger partial charge in [-0.05, 0) is 48.9 Å². The lowest BCUT2D eigenvalue weighted by atomic mass is 10.2. The van der Waals surface area contributed by atoms with Crippen molar-refractivity contribution in [3.05, 3.63) is 47.3 Å². The van der Waals surface area contributed by atoms with Crippen molar-refractivity contribution in [1.82, 2.24) is 9.97 Å². The maximum absolute atomic E-state index is 8.78. The Labute approximate surface area is 105 Å². The monoisotopic (exact) mass is 241 g/mol. The SMILES string of the molecule is Cc1ccc(C)c(Sc2nccc(C#N)n2)c1. The Balaban J connectivity index is 2.31. The largest absolute Gasteiger partial charge is 0.231 e. The Morgan fingerprint density at radius 2 is 2.06 bits per heavy atom. The number of rotatable bonds is 2. The third-order valence-electron chi connectivity index (χ3n) is 2.29. The van der Waals surface area contributed by atoms with Gasteiger partial charge in [-0.1, -0.05) is 12.1 Å². The first kappa shape index (κ1) is 11.6. The molecule has 0 radical (unpaired) electrons. The second-order valence-corrected chi connectivity index (χ2v) is 4.72. The first-order valence-corrected chi connectivity index (χ1v) is 5.99. The van der Waals surface area contributed by atoms with E-state index in [2.05, 4.69) is 42.0 Å². The predicted molar refractivity (Wildman–Crippen MR) is 66.8 cm³/mol. The van der Waals surface area contributed by atoms with Crippen molar-refractivity contribution in [3.8, 4) is 6.07 Å². The lowest BCUT2D eigenvalue weighted by molar-refractivity contribution is 0.951. The molecule has 0 spiro atoms. The minimum Gasteiger partial charge on any atom is -0.231 e. The van der Waals surface area contributed by atoms with E-state index in [-0.39, 0.29) is 0 Å². The Bertz CT molecular complexity index is 587. The number of nitriles is 1. The summed E-state index contributed by atoms with van der Waals surface area (Å²) in [6, 6.07) is 9.87. The second-order valence-electron chi connectivity index (χ2n) is 3.71. The van der Waals surface area contributed by atoms with Crippen LogP contribution >= 0.6 is 11.8 Å². The summed E-state index contributed by atoms with van der Waals surface area (Å²) in [7, 11) is 0. The third kappa shape index (κ3) is 2.83. The highest BCUT2D eigenvalue weighted by Crippen LogP contribution is 2.28. The lowest BCUT2D eigenvalue weighted by Gasteiger charge is -2.05. The smallest absolute Gasteiger partial charge is 0.193 e. The molecule has 0 aliphatic carbocycles. The molecule has 1 aromatic carbocycles. The molecule has 2 rings (SSSR count). The fourth-order valence-electron chi connectivity index (χ4n) is 1.37. The zero-order chi connectivity index (χ0) is 12.3. The highest BCUT2D eigenvalue weighted by molar-refractivity contribution is 7.99. The van der Waals surface area contributed by atoms with Gasteiger partial charge in [0.15, 0.2) is 5.16 Å². The van der Waals surface area contributed by atoms with E-state index in [1.807, 2.05) is 6.07 Å². The molecule has 0 unspecified atom stereocenters. The molecule has 17 heavy (non-hydrogen) atoms. The fraction of sp³-hybridized carbons (Fsp3) is 0.154. The van der Waals surface area contributed by atoms with Crippen LogP contribution < -0.4 is 0 Å². The number of hydrogen-bond acceptors (Lipinski definition) is 4. The number of nitrogens with zero attached hydrogens (tertiary/aromatic N) is 3. The number of aromatic nitrogens is 2. The van der Waals surface area contributed by atoms with E-state index >= 15 is 0 Å². The summed E-state index contributed by atoms with van der Waals surface area (Å²) >= 11 is 1.48. The topological polar surface area (TPSA) is 49.6 Å². The van der Waals surface area contributed by atoms with Crippen molar-refractivity contribution in [2.45, 2.75) is 23.9 Å². The average molecular weight is 241 g/mol. The van der Waals surface area contributed by atoms with Gasteiger partial charge in [0, 0.05) is 11.1 Å². The van der Waals surface area contributed by atoms with Gasteiger partial charge in [0.25, 0.3) is 0 Å². The summed E-state index contributed by atoms with van der Waals surface area (Å²) in [5, 5.41) is 9.39. The first-order chi connectivity index (χ1) is 8.19. The Hall–Kier alpha value is -1.86. The van der Waals surface area contributed by atoms with Crippen LogP contribution in [0.15, 0.2) is 40.5 Å². The summed E-state index contributed by atoms with van der Waals surface area (Å²) < 4.78 is 0. The molecule has 0 N–H and O–H groups in total. The van der Waals surface area contributed by atoms with Crippen molar-refractivity contribution in [3.63, 3.8) is 0 Å². The molecular weight excluding hydrogens is 230 g/mol. The van der Waals surface area contributed by atoms with Crippen LogP contribution in [0, 0.1) is 25.2 Å². The van der Waals surface area contributed by atoms with E-state index in [1.54, 1.807) is 12.3 Å². The first-order valence-electron chi connectivity index (χ1n) is 5.17. The summed E-state index contributed by atoms with van der Waals surface area (Å²) in [5.41, 5.74) is 2.79. The second kappa shape index (κ2) is 4.98. The average Bonchev–Trinajstić information content (AvgIpc) is 2.34. The van der Waals surface area contributed by atoms with E-state index in [0.29, 0.717) is 10.9 Å². The zero-order valence-corrected chi connectivity index (χ0v) is 10.5. The molecule has 0 aliphatic heterocycles. The van der Waals surface area contributed by atoms with E-state index in [4.69, 9.17) is 5.26 Å². The summed E-state index contributed by atoms with van der Waals surface area (Å²) in [4.78, 5) is 9.43. The molecule has 1 heterocycles. The van der Waals surface area contributed by atoms with Gasteiger partial charge in [-0.15, -0.1) is 0 Å². The van der Waals surface area contributed by atoms with Crippen molar-refractivity contribution >= 4 is 11.8 Å². The van der Waals surface area contributed by atoms with Gasteiger partial charge in [0.1, 0.15) is 11.8 Å². The molecule has 1 aromatic heterocycles. The highest BCUT2D eigenvalue weighted by atomic mass is 32.2. The van der Waals surface area contributed by atoms with Crippen LogP contribution in [0.25, 0.3) is 0 Å². The lowest BCUT2D eigenvalue weighted by Crippen LogP contribution is -1.90. The van der Waals surface area contributed by atoms with Crippen LogP contribution in [-0.2, 0) is 0 Å². The molecule has 2 aromatic rings. The zero-order valence-electron chi connectivity index (χ0n) is 9.64. The van der Waals surface area contributed by atoms with Crippen molar-refractivity contribution in [1.29, 1.82) is 5.26 Å². The minimum absolute atomic E-state index is 0.396. The normalized spacial score (nSPS) is 9.94. The molecule has 0 aliphatic rings. The third-order valence-corrected chi connectivity index (χ3v) is 3.33. The van der Waals surface area contributed by atoms with Crippen LogP contribution in [0.1, 0.15) is 16.8 Å².